The number of β-lactam (4-membered cyclic amide) rings is 1. The van der Waals surface area contributed by atoms with Crippen LogP contribution in [0.15, 0.2) is 45.8 Å². The molecule has 6 N–H and O–H groups in total. The minimum atomic E-state index is -4.22. The molecule has 1 fully saturated rings. The first-order valence-electron chi connectivity index (χ1n) is 10.7. The number of aromatic hydroxyl groups is 1. The van der Waals surface area contributed by atoms with E-state index in [-0.39, 0.29) is 28.5 Å². The zero-order chi connectivity index (χ0) is 29.7. The van der Waals surface area contributed by atoms with Gasteiger partial charge in [-0.2, -0.15) is 8.42 Å². The monoisotopic (exact) mass is 574 g/mol. The molecule has 0 unspecified atom stereocenters. The number of carboxylic acid groups (broad SMARTS) is 2. The number of nitrogens with two attached hydrogens (primary N) is 1. The number of nitrogens with zero attached hydrogens (tertiary/aromatic N) is 1. The Bertz CT molecular complexity index is 1280. The molecule has 3 rings (SSSR count). The van der Waals surface area contributed by atoms with Gasteiger partial charge < -0.3 is 25.8 Å². The molecule has 13 nitrogen and oxygen atoms in total. The molecule has 1 aromatic rings. The lowest BCUT2D eigenvalue weighted by molar-refractivity contribution is -0.148. The van der Waals surface area contributed by atoms with E-state index in [1.165, 1.54) is 37.7 Å². The van der Waals surface area contributed by atoms with E-state index in [4.69, 9.17) is 25.2 Å². The molecule has 1 amide bonds. The number of ether oxygens (including phenoxy) is 1. The van der Waals surface area contributed by atoms with Crippen LogP contribution in [0.1, 0.15) is 33.3 Å². The second kappa shape index (κ2) is 12.4. The minimum absolute atomic E-state index is 0.187. The Morgan fingerprint density at radius 1 is 1.21 bits per heavy atom. The molecule has 0 bridgehead atoms. The molecule has 0 spiro atoms. The second-order valence-corrected chi connectivity index (χ2v) is 11.7. The molecule has 0 aliphatic carbocycles. The Labute approximate surface area is 223 Å². The average Bonchev–Trinajstić information content (AvgIpc) is 2.78. The van der Waals surface area contributed by atoms with E-state index < -0.39 is 50.8 Å². The van der Waals surface area contributed by atoms with Gasteiger partial charge in [0.2, 0.25) is 5.91 Å². The molecule has 0 radical (unpaired) electrons. The second-order valence-electron chi connectivity index (χ2n) is 9.06. The van der Waals surface area contributed by atoms with E-state index in [2.05, 4.69) is 6.58 Å². The molecular weight excluding hydrogens is 544 g/mol. The van der Waals surface area contributed by atoms with Gasteiger partial charge >= 0.3 is 17.9 Å². The van der Waals surface area contributed by atoms with Crippen molar-refractivity contribution < 1.29 is 52.2 Å². The number of esters is 1. The van der Waals surface area contributed by atoms with Gasteiger partial charge in [0.15, 0.2) is 0 Å². The first kappa shape index (κ1) is 32.6. The van der Waals surface area contributed by atoms with Crippen molar-refractivity contribution in [3.8, 4) is 5.75 Å². The van der Waals surface area contributed by atoms with Gasteiger partial charge in [-0.05, 0) is 39.3 Å². The normalized spacial score (nSPS) is 18.7. The fourth-order valence-corrected chi connectivity index (χ4v) is 4.68. The van der Waals surface area contributed by atoms with Crippen molar-refractivity contribution >= 4 is 45.7 Å². The number of carbonyl (C=O) groups excluding carboxylic acids is 2. The van der Waals surface area contributed by atoms with Crippen LogP contribution in [0.4, 0.5) is 0 Å². The molecule has 210 valence electrons. The van der Waals surface area contributed by atoms with Crippen LogP contribution in [0.25, 0.3) is 0 Å². The van der Waals surface area contributed by atoms with Crippen molar-refractivity contribution in [1.29, 1.82) is 0 Å². The first-order valence-corrected chi connectivity index (χ1v) is 13.1. The van der Waals surface area contributed by atoms with Gasteiger partial charge in [-0.15, -0.1) is 0 Å². The van der Waals surface area contributed by atoms with E-state index in [1.807, 2.05) is 0 Å². The summed E-state index contributed by atoms with van der Waals surface area (Å²) >= 11 is 1.20. The summed E-state index contributed by atoms with van der Waals surface area (Å²) in [6.45, 7) is 11.2. The summed E-state index contributed by atoms with van der Waals surface area (Å²) < 4.78 is 34.8. The lowest BCUT2D eigenvalue weighted by atomic mass is 9.98. The number of hydrogen-bond acceptors (Lipinski definition) is 10. The van der Waals surface area contributed by atoms with Gasteiger partial charge in [-0.3, -0.25) is 23.8 Å². The van der Waals surface area contributed by atoms with E-state index in [9.17, 15) is 32.7 Å². The van der Waals surface area contributed by atoms with Crippen LogP contribution in [-0.2, 0) is 34.0 Å². The number of hydrogen-bond donors (Lipinski definition) is 5. The van der Waals surface area contributed by atoms with Gasteiger partial charge in [0.25, 0.3) is 10.1 Å². The Kier molecular flexibility index (Phi) is 10.7. The summed E-state index contributed by atoms with van der Waals surface area (Å²) in [6.07, 6.45) is 0. The number of amides is 1. The maximum absolute atomic E-state index is 11.7. The number of carbonyl (C=O) groups is 4. The maximum atomic E-state index is 11.7. The molecule has 2 atom stereocenters. The van der Waals surface area contributed by atoms with E-state index in [1.54, 1.807) is 20.8 Å². The number of rotatable bonds is 4. The SMILES string of the molecule is C=C1S[C@@H]2[C@H](N)C(=O)N2C(C(=O)O)=C1COC(C)=O.CC(C)(C)C(=O)O.Cc1ccc(O)cc1S(=O)(=O)O. The Morgan fingerprint density at radius 2 is 1.74 bits per heavy atom. The largest absolute Gasteiger partial charge is 0.508 e. The number of benzene rings is 1. The zero-order valence-corrected chi connectivity index (χ0v) is 22.9. The van der Waals surface area contributed by atoms with Crippen LogP contribution >= 0.6 is 11.8 Å². The lowest BCUT2D eigenvalue weighted by Crippen LogP contribution is -2.68. The van der Waals surface area contributed by atoms with E-state index in [0.717, 1.165) is 11.0 Å². The highest BCUT2D eigenvalue weighted by Gasteiger charge is 2.52. The lowest BCUT2D eigenvalue weighted by Gasteiger charge is -2.48. The van der Waals surface area contributed by atoms with Gasteiger partial charge in [-0.1, -0.05) is 24.4 Å². The third kappa shape index (κ3) is 8.31. The highest BCUT2D eigenvalue weighted by atomic mass is 32.2. The van der Waals surface area contributed by atoms with Crippen LogP contribution in [-0.4, -0.2) is 75.0 Å². The molecule has 2 heterocycles. The average molecular weight is 575 g/mol. The van der Waals surface area contributed by atoms with Crippen LogP contribution in [0.5, 0.6) is 5.75 Å². The van der Waals surface area contributed by atoms with Crippen molar-refractivity contribution in [2.24, 2.45) is 11.1 Å². The standard InChI is InChI=1S/C11H12N2O5S.C7H8O4S.C5H10O2/c1-4-6(3-18-5(2)14)8(11(16)17)13-9(15)7(12)10(13)19-4;1-5-2-3-6(8)4-7(5)12(9,10)11;1-5(2,3)4(6)7/h7,10H,1,3,12H2,2H3,(H,16,17);2-4,8H,1H3,(H,9,10,11);1-3H3,(H,6,7)/t7-,10-;;/m1../s1. The highest BCUT2D eigenvalue weighted by molar-refractivity contribution is 8.04. The van der Waals surface area contributed by atoms with Gasteiger partial charge in [0, 0.05) is 23.5 Å². The quantitative estimate of drug-likeness (QED) is 0.196. The first-order chi connectivity index (χ1) is 17.2. The van der Waals surface area contributed by atoms with Gasteiger partial charge in [0.05, 0.1) is 5.41 Å². The molecule has 38 heavy (non-hydrogen) atoms. The molecule has 2 aliphatic rings. The molecule has 1 aromatic carbocycles. The molecule has 15 heteroatoms. The number of phenolic OH excluding ortho intramolecular Hbond substituents is 1. The molecule has 0 aromatic heterocycles. The number of phenols is 1. The Hall–Kier alpha value is -3.40. The van der Waals surface area contributed by atoms with Crippen LogP contribution < -0.4 is 5.73 Å². The van der Waals surface area contributed by atoms with Gasteiger partial charge in [0.1, 0.15) is 34.4 Å². The molecule has 2 aliphatic heterocycles. The Morgan fingerprint density at radius 3 is 2.13 bits per heavy atom. The number of carboxylic acids is 2. The third-order valence-electron chi connectivity index (χ3n) is 4.92. The fraction of sp³-hybridized carbons (Fsp3) is 0.391. The van der Waals surface area contributed by atoms with Crippen molar-refractivity contribution in [3.05, 3.63) is 46.5 Å². The zero-order valence-electron chi connectivity index (χ0n) is 21.3. The van der Waals surface area contributed by atoms with Crippen molar-refractivity contribution in [2.45, 2.75) is 50.9 Å². The predicted octanol–water partition coefficient (Wildman–Crippen LogP) is 1.71. The number of aryl methyl sites for hydroxylation is 1. The van der Waals surface area contributed by atoms with E-state index >= 15 is 0 Å². The summed E-state index contributed by atoms with van der Waals surface area (Å²) in [4.78, 5) is 45.1. The third-order valence-corrected chi connectivity index (χ3v) is 7.20. The maximum Gasteiger partial charge on any atom is 0.353 e. The summed E-state index contributed by atoms with van der Waals surface area (Å²) in [5.41, 5.74) is 5.45. The number of aliphatic carboxylic acids is 2. The van der Waals surface area contributed by atoms with Crippen LogP contribution in [0.3, 0.4) is 0 Å². The number of thioether (sulfide) groups is 1. The highest BCUT2D eigenvalue weighted by Crippen LogP contribution is 2.45. The molecular formula is C23H30N2O11S2. The van der Waals surface area contributed by atoms with Gasteiger partial charge in [-0.25, -0.2) is 4.79 Å². The summed E-state index contributed by atoms with van der Waals surface area (Å²) in [6, 6.07) is 3.04. The summed E-state index contributed by atoms with van der Waals surface area (Å²) in [7, 11) is -4.22. The Balaban J connectivity index is 0.000000324. The minimum Gasteiger partial charge on any atom is -0.508 e. The van der Waals surface area contributed by atoms with Crippen LogP contribution in [0, 0.1) is 12.3 Å². The smallest absolute Gasteiger partial charge is 0.353 e. The van der Waals surface area contributed by atoms with Crippen molar-refractivity contribution in [3.63, 3.8) is 0 Å². The molecule has 1 saturated heterocycles. The van der Waals surface area contributed by atoms with Crippen LogP contribution in [0.2, 0.25) is 0 Å². The van der Waals surface area contributed by atoms with Crippen molar-refractivity contribution in [1.82, 2.24) is 4.90 Å². The predicted molar refractivity (Wildman–Crippen MR) is 136 cm³/mol. The fourth-order valence-electron chi connectivity index (χ4n) is 2.77. The summed E-state index contributed by atoms with van der Waals surface area (Å²) in [5, 5.41) is 26.0. The van der Waals surface area contributed by atoms with E-state index in [0.29, 0.717) is 10.5 Å². The topological polar surface area (TPSA) is 222 Å². The van der Waals surface area contributed by atoms with Crippen molar-refractivity contribution in [2.75, 3.05) is 6.61 Å². The number of fused-ring (bicyclic) bond motifs is 1. The summed E-state index contributed by atoms with van der Waals surface area (Å²) in [5.74, 6) is -3.21. The molecule has 0 saturated carbocycles.